The van der Waals surface area contributed by atoms with E-state index >= 15 is 0 Å². The molecule has 15 heteroatoms. The number of hydrogen-bond donors (Lipinski definition) is 3. The number of amides is 3. The van der Waals surface area contributed by atoms with Crippen molar-refractivity contribution in [2.75, 3.05) is 32.2 Å². The molecule has 2 unspecified atom stereocenters. The molecule has 0 saturated carbocycles. The Labute approximate surface area is 310 Å². The number of benzene rings is 3. The first-order chi connectivity index (χ1) is 24.6. The Morgan fingerprint density at radius 2 is 1.29 bits per heavy atom. The number of halogens is 1. The Morgan fingerprint density at radius 1 is 0.784 bits per heavy atom. The molecule has 2 atom stereocenters. The third kappa shape index (κ3) is 11.4. The SMILES string of the molecule is CCOC(=O)CNC(=O)C(CSN=O)NC(=O)CCC(NC(=O)CCCCP(Br)(c1ccccc1)(c1ccccc1)c1ccccc1)C(=O)OC. The molecule has 0 spiro atoms. The molecule has 0 aromatic heterocycles. The molecule has 3 aromatic carbocycles. The summed E-state index contributed by atoms with van der Waals surface area (Å²) in [6.07, 6.45) is 1.74. The van der Waals surface area contributed by atoms with Crippen LogP contribution in [0.5, 0.6) is 0 Å². The fourth-order valence-corrected chi connectivity index (χ4v) is 13.9. The van der Waals surface area contributed by atoms with Gasteiger partial charge in [-0.05, 0) is 6.92 Å². The second kappa shape index (κ2) is 20.7. The number of carbonyl (C=O) groups excluding carboxylic acids is 5. The van der Waals surface area contributed by atoms with Crippen LogP contribution >= 0.6 is 32.7 Å². The summed E-state index contributed by atoms with van der Waals surface area (Å²) in [5.74, 6) is -3.27. The molecule has 0 bridgehead atoms. The van der Waals surface area contributed by atoms with E-state index < -0.39 is 47.7 Å². The van der Waals surface area contributed by atoms with Gasteiger partial charge in [0.1, 0.15) is 6.54 Å². The number of nitroso groups, excluding NO2 is 1. The van der Waals surface area contributed by atoms with E-state index in [-0.39, 0.29) is 37.5 Å². The Bertz CT molecular complexity index is 1520. The molecular weight excluding hydrogens is 759 g/mol. The predicted octanol–water partition coefficient (Wildman–Crippen LogP) is 4.01. The summed E-state index contributed by atoms with van der Waals surface area (Å²) >= 11 is 4.94. The molecule has 274 valence electrons. The standard InChI is InChI=1S/C36H44BrN4O8PS/c1-3-49-34(44)25-38-35(45)31(26-51-41-47)40-33(43)23-22-30(36(46)48-2)39-32(42)21-13-14-24-50(37,27-15-7-4-8-16-27,28-17-9-5-10-18-28)29-19-11-6-12-20-29/h4-12,15-20,30-31H,3,13-14,21-26H2,1-2H3,(H,38,45)(H,39,42)(H,40,43). The first-order valence-corrected chi connectivity index (χ1v) is 21.9. The van der Waals surface area contributed by atoms with Crippen LogP contribution in [0.4, 0.5) is 0 Å². The monoisotopic (exact) mass is 802 g/mol. The summed E-state index contributed by atoms with van der Waals surface area (Å²) in [6.45, 7) is 1.33. The van der Waals surface area contributed by atoms with Crippen LogP contribution in [0.25, 0.3) is 0 Å². The number of hydrogen-bond acceptors (Lipinski definition) is 10. The van der Waals surface area contributed by atoms with Crippen LogP contribution in [0.15, 0.2) is 95.6 Å². The van der Waals surface area contributed by atoms with E-state index in [1.54, 1.807) is 6.92 Å². The molecule has 3 rings (SSSR count). The van der Waals surface area contributed by atoms with Gasteiger partial charge in [0.15, 0.2) is 0 Å². The van der Waals surface area contributed by atoms with Gasteiger partial charge in [-0.1, -0.05) is 0 Å². The van der Waals surface area contributed by atoms with Crippen LogP contribution in [-0.4, -0.2) is 73.9 Å². The van der Waals surface area contributed by atoms with Gasteiger partial charge in [-0.3, -0.25) is 9.59 Å². The van der Waals surface area contributed by atoms with Crippen LogP contribution < -0.4 is 31.9 Å². The van der Waals surface area contributed by atoms with Crippen molar-refractivity contribution >= 4 is 78.3 Å². The Hall–Kier alpha value is -4.13. The average molecular weight is 804 g/mol. The van der Waals surface area contributed by atoms with Crippen molar-refractivity contribution in [1.29, 1.82) is 0 Å². The molecule has 0 aliphatic heterocycles. The van der Waals surface area contributed by atoms with E-state index in [0.717, 1.165) is 6.16 Å². The minimum absolute atomic E-state index is 0.103. The third-order valence-electron chi connectivity index (χ3n) is 8.25. The van der Waals surface area contributed by atoms with Crippen molar-refractivity contribution in [2.24, 2.45) is 4.58 Å². The van der Waals surface area contributed by atoms with Crippen LogP contribution in [0.3, 0.4) is 0 Å². The third-order valence-corrected chi connectivity index (χ3v) is 18.9. The normalized spacial score (nSPS) is 13.0. The summed E-state index contributed by atoms with van der Waals surface area (Å²) in [4.78, 5) is 73.3. The summed E-state index contributed by atoms with van der Waals surface area (Å²) in [5.41, 5.74) is 0. The van der Waals surface area contributed by atoms with Crippen LogP contribution in [0.1, 0.15) is 39.0 Å². The molecular formula is C36H44BrN4O8PS. The van der Waals surface area contributed by atoms with Gasteiger partial charge in [-0.2, -0.15) is 0 Å². The van der Waals surface area contributed by atoms with Crippen molar-refractivity contribution < 1.29 is 33.4 Å². The number of ether oxygens (including phenoxy) is 2. The summed E-state index contributed by atoms with van der Waals surface area (Å²) in [6, 6.07) is 28.8. The molecule has 3 aromatic rings. The first-order valence-electron chi connectivity index (χ1n) is 16.5. The molecule has 0 aliphatic carbocycles. The number of unbranched alkanes of at least 4 members (excludes halogenated alkanes) is 1. The zero-order valence-electron chi connectivity index (χ0n) is 28.6. The molecule has 0 saturated heterocycles. The van der Waals surface area contributed by atoms with Gasteiger partial charge < -0.3 is 10.1 Å². The molecule has 0 fully saturated rings. The van der Waals surface area contributed by atoms with Gasteiger partial charge in [0, 0.05) is 22.3 Å². The van der Waals surface area contributed by atoms with Crippen molar-refractivity contribution in [3.05, 3.63) is 95.9 Å². The van der Waals surface area contributed by atoms with Gasteiger partial charge in [-0.15, -0.1) is 4.91 Å². The Balaban J connectivity index is 1.65. The maximum absolute atomic E-state index is 13.1. The maximum atomic E-state index is 13.1. The van der Waals surface area contributed by atoms with E-state index in [2.05, 4.69) is 72.4 Å². The van der Waals surface area contributed by atoms with Crippen molar-refractivity contribution in [1.82, 2.24) is 16.0 Å². The second-order valence-electron chi connectivity index (χ2n) is 11.6. The predicted molar refractivity (Wildman–Crippen MR) is 206 cm³/mol. The quantitative estimate of drug-likeness (QED) is 0.0474. The Morgan fingerprint density at radius 3 is 1.78 bits per heavy atom. The topological polar surface area (TPSA) is 169 Å². The number of esters is 2. The summed E-state index contributed by atoms with van der Waals surface area (Å²) in [7, 11) is 1.19. The van der Waals surface area contributed by atoms with Gasteiger partial charge in [0.2, 0.25) is 5.91 Å². The van der Waals surface area contributed by atoms with Crippen molar-refractivity contribution in [3.8, 4) is 0 Å². The molecule has 0 aliphatic rings. The van der Waals surface area contributed by atoms with Crippen LogP contribution in [0.2, 0.25) is 0 Å². The van der Waals surface area contributed by atoms with Crippen molar-refractivity contribution in [2.45, 2.75) is 51.1 Å². The molecule has 0 heterocycles. The Kier molecular flexibility index (Phi) is 16.7. The van der Waals surface area contributed by atoms with Gasteiger partial charge >= 0.3 is 239 Å². The molecule has 0 radical (unpaired) electrons. The van der Waals surface area contributed by atoms with E-state index in [1.165, 1.54) is 23.0 Å². The van der Waals surface area contributed by atoms with E-state index in [9.17, 15) is 28.9 Å². The fourth-order valence-electron chi connectivity index (χ4n) is 5.73. The zero-order chi connectivity index (χ0) is 37.1. The van der Waals surface area contributed by atoms with Crippen LogP contribution in [-0.2, 0) is 33.4 Å². The number of carbonyl (C=O) groups is 5. The number of rotatable bonds is 21. The van der Waals surface area contributed by atoms with E-state index in [1.807, 2.05) is 54.6 Å². The summed E-state index contributed by atoms with van der Waals surface area (Å²) < 4.78 is 12.3. The van der Waals surface area contributed by atoms with Gasteiger partial charge in [0.25, 0.3) is 0 Å². The second-order valence-corrected chi connectivity index (χ2v) is 21.4. The zero-order valence-corrected chi connectivity index (χ0v) is 31.9. The molecule has 51 heavy (non-hydrogen) atoms. The van der Waals surface area contributed by atoms with Crippen LogP contribution in [0, 0.1) is 4.91 Å². The van der Waals surface area contributed by atoms with Gasteiger partial charge in [0.05, 0.1) is 6.61 Å². The van der Waals surface area contributed by atoms with E-state index in [0.29, 0.717) is 24.8 Å². The fraction of sp³-hybridized carbons (Fsp3) is 0.361. The number of nitrogens with zero attached hydrogens (tertiary/aromatic N) is 1. The minimum atomic E-state index is -3.15. The van der Waals surface area contributed by atoms with Crippen molar-refractivity contribution in [3.63, 3.8) is 0 Å². The van der Waals surface area contributed by atoms with E-state index in [4.69, 9.17) is 9.47 Å². The summed E-state index contributed by atoms with van der Waals surface area (Å²) in [5, 5.41) is 7.90. The average Bonchev–Trinajstić information content (AvgIpc) is 3.16. The first kappa shape index (κ1) is 41.3. The molecule has 3 amide bonds. The van der Waals surface area contributed by atoms with Gasteiger partial charge in [-0.25, -0.2) is 0 Å². The molecule has 3 N–H and O–H groups in total. The number of methoxy groups -OCH3 is 1. The number of nitrogens with one attached hydrogen (secondary N) is 3. The molecule has 12 nitrogen and oxygen atoms in total.